The molecule has 0 saturated carbocycles. The zero-order valence-corrected chi connectivity index (χ0v) is 17.0. The molecule has 0 aliphatic rings. The molecule has 32 heavy (non-hydrogen) atoms. The second-order valence-electron chi connectivity index (χ2n) is 7.31. The Kier molecular flexibility index (Phi) is 5.98. The van der Waals surface area contributed by atoms with Crippen LogP contribution in [0.2, 0.25) is 0 Å². The number of fused-ring (bicyclic) bond motifs is 1. The van der Waals surface area contributed by atoms with E-state index in [1.165, 1.54) is 6.07 Å². The van der Waals surface area contributed by atoms with Crippen LogP contribution in [0.5, 0.6) is 0 Å². The number of benzene rings is 3. The Hall–Kier alpha value is -4.39. The molecule has 1 unspecified atom stereocenters. The predicted molar refractivity (Wildman–Crippen MR) is 120 cm³/mol. The van der Waals surface area contributed by atoms with Gasteiger partial charge in [0, 0.05) is 23.0 Å². The summed E-state index contributed by atoms with van der Waals surface area (Å²) >= 11 is 0. The summed E-state index contributed by atoms with van der Waals surface area (Å²) in [5.74, 6) is -1.85. The summed E-state index contributed by atoms with van der Waals surface area (Å²) in [6, 6.07) is 24.0. The topological polar surface area (TPSA) is 111 Å². The summed E-state index contributed by atoms with van der Waals surface area (Å²) in [6.07, 6.45) is 0. The van der Waals surface area contributed by atoms with E-state index in [0.29, 0.717) is 28.6 Å². The molecule has 1 heterocycles. The maximum absolute atomic E-state index is 13.0. The second-order valence-corrected chi connectivity index (χ2v) is 7.31. The summed E-state index contributed by atoms with van der Waals surface area (Å²) in [7, 11) is 0. The lowest BCUT2D eigenvalue weighted by molar-refractivity contribution is -0.123. The van der Waals surface area contributed by atoms with Crippen molar-refractivity contribution in [2.24, 2.45) is 0 Å². The molecule has 7 nitrogen and oxygen atoms in total. The molecule has 0 spiro atoms. The molecule has 4 N–H and O–H groups in total. The molecule has 0 bridgehead atoms. The number of aromatic carboxylic acids is 1. The molecule has 2 amide bonds. The van der Waals surface area contributed by atoms with Gasteiger partial charge < -0.3 is 20.7 Å². The summed E-state index contributed by atoms with van der Waals surface area (Å²) in [6.45, 7) is 0.339. The Morgan fingerprint density at radius 2 is 1.56 bits per heavy atom. The van der Waals surface area contributed by atoms with Crippen molar-refractivity contribution in [3.05, 3.63) is 107 Å². The van der Waals surface area contributed by atoms with Crippen LogP contribution in [0, 0.1) is 0 Å². The molecule has 160 valence electrons. The van der Waals surface area contributed by atoms with Gasteiger partial charge in [-0.05, 0) is 29.3 Å². The molecule has 1 atom stereocenters. The molecule has 7 heteroatoms. The number of hydrogen-bond acceptors (Lipinski definition) is 3. The number of amides is 2. The van der Waals surface area contributed by atoms with Gasteiger partial charge in [0.05, 0.1) is 0 Å². The van der Waals surface area contributed by atoms with E-state index in [0.717, 1.165) is 5.56 Å². The van der Waals surface area contributed by atoms with Crippen molar-refractivity contribution in [1.82, 2.24) is 15.6 Å². The zero-order valence-electron chi connectivity index (χ0n) is 17.0. The second kappa shape index (κ2) is 9.18. The number of carboxylic acid groups (broad SMARTS) is 1. The van der Waals surface area contributed by atoms with Crippen molar-refractivity contribution in [3.8, 4) is 0 Å². The maximum Gasteiger partial charge on any atom is 0.352 e. The lowest BCUT2D eigenvalue weighted by atomic mass is 10.0. The predicted octanol–water partition coefficient (Wildman–Crippen LogP) is 3.65. The number of carboxylic acids is 1. The number of H-pyrrole nitrogens is 1. The van der Waals surface area contributed by atoms with Crippen LogP contribution in [0.15, 0.2) is 84.9 Å². The van der Waals surface area contributed by atoms with Gasteiger partial charge in [0.1, 0.15) is 11.7 Å². The molecular formula is C25H21N3O4. The van der Waals surface area contributed by atoms with Gasteiger partial charge in [-0.25, -0.2) is 4.79 Å². The summed E-state index contributed by atoms with van der Waals surface area (Å²) in [5.41, 5.74) is 2.49. The number of nitrogens with one attached hydrogen (secondary N) is 3. The fourth-order valence-electron chi connectivity index (χ4n) is 3.43. The first kappa shape index (κ1) is 20.9. The van der Waals surface area contributed by atoms with Crippen LogP contribution in [-0.4, -0.2) is 27.9 Å². The van der Waals surface area contributed by atoms with Gasteiger partial charge in [-0.2, -0.15) is 0 Å². The van der Waals surface area contributed by atoms with E-state index in [1.807, 2.05) is 36.4 Å². The van der Waals surface area contributed by atoms with Crippen LogP contribution in [0.25, 0.3) is 10.9 Å². The van der Waals surface area contributed by atoms with Crippen LogP contribution in [0.3, 0.4) is 0 Å². The normalized spacial score (nSPS) is 11.6. The first-order valence-electron chi connectivity index (χ1n) is 10.0. The molecular weight excluding hydrogens is 406 g/mol. The molecule has 0 fully saturated rings. The molecule has 0 aliphatic heterocycles. The molecule has 3 aromatic carbocycles. The van der Waals surface area contributed by atoms with E-state index >= 15 is 0 Å². The number of rotatable bonds is 7. The third-order valence-corrected chi connectivity index (χ3v) is 5.10. The standard InChI is InChI=1S/C25H21N3O4/c29-23(19-12-11-18-13-21(25(31)32)27-20(18)14-19)28-22(17-9-5-2-6-10-17)24(30)26-15-16-7-3-1-4-8-16/h1-14,22,27H,15H2,(H,26,30)(H,28,29)(H,31,32). The van der Waals surface area contributed by atoms with Crippen LogP contribution < -0.4 is 10.6 Å². The van der Waals surface area contributed by atoms with E-state index in [-0.39, 0.29) is 11.6 Å². The number of carbonyl (C=O) groups excluding carboxylic acids is 2. The average molecular weight is 427 g/mol. The van der Waals surface area contributed by atoms with E-state index in [4.69, 9.17) is 5.11 Å². The number of aromatic nitrogens is 1. The summed E-state index contributed by atoms with van der Waals surface area (Å²) in [4.78, 5) is 39.9. The first-order chi connectivity index (χ1) is 15.5. The Balaban J connectivity index is 1.55. The Bertz CT molecular complexity index is 1270. The lowest BCUT2D eigenvalue weighted by Crippen LogP contribution is -2.40. The molecule has 0 saturated heterocycles. The number of carbonyl (C=O) groups is 3. The van der Waals surface area contributed by atoms with Crippen molar-refractivity contribution in [2.45, 2.75) is 12.6 Å². The Morgan fingerprint density at radius 1 is 0.875 bits per heavy atom. The highest BCUT2D eigenvalue weighted by molar-refractivity contribution is 6.01. The highest BCUT2D eigenvalue weighted by Crippen LogP contribution is 2.19. The minimum Gasteiger partial charge on any atom is -0.477 e. The van der Waals surface area contributed by atoms with Crippen molar-refractivity contribution in [3.63, 3.8) is 0 Å². The van der Waals surface area contributed by atoms with Crippen molar-refractivity contribution < 1.29 is 19.5 Å². The van der Waals surface area contributed by atoms with Gasteiger partial charge in [-0.3, -0.25) is 9.59 Å². The average Bonchev–Trinajstić information content (AvgIpc) is 3.26. The third-order valence-electron chi connectivity index (χ3n) is 5.10. The van der Waals surface area contributed by atoms with Gasteiger partial charge in [-0.1, -0.05) is 66.7 Å². The summed E-state index contributed by atoms with van der Waals surface area (Å²) in [5, 5.41) is 15.5. The first-order valence-corrected chi connectivity index (χ1v) is 10.0. The quantitative estimate of drug-likeness (QED) is 0.361. The highest BCUT2D eigenvalue weighted by Gasteiger charge is 2.23. The van der Waals surface area contributed by atoms with Crippen LogP contribution in [0.1, 0.15) is 38.0 Å². The fraction of sp³-hybridized carbons (Fsp3) is 0.0800. The van der Waals surface area contributed by atoms with E-state index in [1.54, 1.807) is 42.5 Å². The van der Waals surface area contributed by atoms with Crippen LogP contribution >= 0.6 is 0 Å². The van der Waals surface area contributed by atoms with E-state index in [2.05, 4.69) is 15.6 Å². The minimum absolute atomic E-state index is 0.0417. The Labute approximate surface area is 184 Å². The van der Waals surface area contributed by atoms with Gasteiger partial charge in [0.15, 0.2) is 0 Å². The molecule has 0 aliphatic carbocycles. The molecule has 0 radical (unpaired) electrons. The van der Waals surface area contributed by atoms with Crippen molar-refractivity contribution in [2.75, 3.05) is 0 Å². The SMILES string of the molecule is O=C(NC(C(=O)NCc1ccccc1)c1ccccc1)c1ccc2cc(C(=O)O)[nH]c2c1. The summed E-state index contributed by atoms with van der Waals surface area (Å²) < 4.78 is 0. The van der Waals surface area contributed by atoms with E-state index < -0.39 is 17.9 Å². The van der Waals surface area contributed by atoms with Gasteiger partial charge in [-0.15, -0.1) is 0 Å². The Morgan fingerprint density at radius 3 is 2.25 bits per heavy atom. The molecule has 1 aromatic heterocycles. The van der Waals surface area contributed by atoms with E-state index in [9.17, 15) is 14.4 Å². The highest BCUT2D eigenvalue weighted by atomic mass is 16.4. The lowest BCUT2D eigenvalue weighted by Gasteiger charge is -2.19. The fourth-order valence-corrected chi connectivity index (χ4v) is 3.43. The van der Waals surface area contributed by atoms with Crippen LogP contribution in [0.4, 0.5) is 0 Å². The van der Waals surface area contributed by atoms with Gasteiger partial charge in [0.25, 0.3) is 5.91 Å². The van der Waals surface area contributed by atoms with Gasteiger partial charge in [0.2, 0.25) is 5.91 Å². The number of aromatic amines is 1. The minimum atomic E-state index is -1.08. The van der Waals surface area contributed by atoms with Crippen LogP contribution in [-0.2, 0) is 11.3 Å². The third kappa shape index (κ3) is 4.67. The smallest absolute Gasteiger partial charge is 0.352 e. The van der Waals surface area contributed by atoms with Crippen molar-refractivity contribution >= 4 is 28.7 Å². The molecule has 4 rings (SSSR count). The monoisotopic (exact) mass is 427 g/mol. The van der Waals surface area contributed by atoms with Gasteiger partial charge >= 0.3 is 5.97 Å². The molecule has 4 aromatic rings. The largest absolute Gasteiger partial charge is 0.477 e. The zero-order chi connectivity index (χ0) is 22.5. The van der Waals surface area contributed by atoms with Crippen molar-refractivity contribution in [1.29, 1.82) is 0 Å². The number of hydrogen-bond donors (Lipinski definition) is 4. The maximum atomic E-state index is 13.0.